The van der Waals surface area contributed by atoms with Gasteiger partial charge in [-0.2, -0.15) is 0 Å². The van der Waals surface area contributed by atoms with Gasteiger partial charge in [0.25, 0.3) is 11.2 Å². The van der Waals surface area contributed by atoms with Crippen molar-refractivity contribution < 1.29 is 19.2 Å². The highest BCUT2D eigenvalue weighted by Gasteiger charge is 2.23. The Morgan fingerprint density at radius 2 is 1.97 bits per heavy atom. The summed E-state index contributed by atoms with van der Waals surface area (Å²) in [6, 6.07) is 2.85. The van der Waals surface area contributed by atoms with Gasteiger partial charge in [-0.25, -0.2) is 9.78 Å². The second kappa shape index (κ2) is 10.6. The van der Waals surface area contributed by atoms with E-state index in [1.54, 1.807) is 31.9 Å². The summed E-state index contributed by atoms with van der Waals surface area (Å²) in [6.07, 6.45) is 0.690. The Hall–Kier alpha value is -3.67. The van der Waals surface area contributed by atoms with E-state index < -0.39 is 16.5 Å². The summed E-state index contributed by atoms with van der Waals surface area (Å²) < 4.78 is 10.4. The molecule has 1 heterocycles. The lowest BCUT2D eigenvalue weighted by Gasteiger charge is -2.22. The van der Waals surface area contributed by atoms with Crippen molar-refractivity contribution in [1.29, 1.82) is 0 Å². The van der Waals surface area contributed by atoms with Crippen LogP contribution in [0.2, 0.25) is 0 Å². The van der Waals surface area contributed by atoms with Crippen LogP contribution in [0.1, 0.15) is 24.2 Å². The number of nitro groups is 1. The number of rotatable bonds is 10. The quantitative estimate of drug-likeness (QED) is 0.315. The molecule has 0 aliphatic heterocycles. The van der Waals surface area contributed by atoms with Crippen molar-refractivity contribution in [3.8, 4) is 5.75 Å². The molecule has 1 aromatic carbocycles. The smallest absolute Gasteiger partial charge is 0.345 e. The van der Waals surface area contributed by atoms with Crippen LogP contribution in [0.15, 0.2) is 23.1 Å². The molecule has 0 saturated carbocycles. The number of nitrogens with zero attached hydrogens (tertiary/aromatic N) is 4. The van der Waals surface area contributed by atoms with E-state index in [1.165, 1.54) is 13.2 Å². The summed E-state index contributed by atoms with van der Waals surface area (Å²) >= 11 is 0. The van der Waals surface area contributed by atoms with Crippen LogP contribution in [0.5, 0.6) is 5.75 Å². The van der Waals surface area contributed by atoms with Crippen LogP contribution in [-0.2, 0) is 4.74 Å². The number of esters is 1. The fourth-order valence-electron chi connectivity index (χ4n) is 2.76. The molecular formula is C20H28N6O6. The summed E-state index contributed by atoms with van der Waals surface area (Å²) in [5.41, 5.74) is -0.493. The molecule has 0 aliphatic carbocycles. The number of hydrogen-bond acceptors (Lipinski definition) is 10. The number of H-pyrrole nitrogens is 1. The van der Waals surface area contributed by atoms with E-state index in [2.05, 4.69) is 15.3 Å². The number of hydrogen-bond donors (Lipinski definition) is 2. The number of nitrogens with one attached hydrogen (secondary N) is 2. The first-order valence-electron chi connectivity index (χ1n) is 9.83. The number of ether oxygens (including phenoxy) is 2. The summed E-state index contributed by atoms with van der Waals surface area (Å²) in [5, 5.41) is 14.5. The zero-order valence-electron chi connectivity index (χ0n) is 19.0. The molecule has 0 bridgehead atoms. The molecule has 174 valence electrons. The number of benzene rings is 1. The van der Waals surface area contributed by atoms with Crippen LogP contribution in [0.25, 0.3) is 0 Å². The lowest BCUT2D eigenvalue weighted by molar-refractivity contribution is -0.384. The van der Waals surface area contributed by atoms with Crippen LogP contribution in [-0.4, -0.2) is 73.2 Å². The fourth-order valence-corrected chi connectivity index (χ4v) is 2.76. The standard InChI is InChI=1S/C20H28N6O6/c1-12(2)32-19(28)13-11-21-20(23-18(13)27)22-14-9-16(26(29)30)15(10-17(14)31-6)25(5)8-7-24(3)4/h9-12H,7-8H2,1-6H3,(H2,21,22,23,27). The Bertz CT molecular complexity index is 1040. The van der Waals surface area contributed by atoms with E-state index in [9.17, 15) is 19.7 Å². The molecule has 0 saturated heterocycles. The SMILES string of the molecule is COc1cc(N(C)CCN(C)C)c([N+](=O)[O-])cc1Nc1ncc(C(=O)OC(C)C)c(=O)[nH]1. The highest BCUT2D eigenvalue weighted by molar-refractivity contribution is 5.88. The Morgan fingerprint density at radius 3 is 2.50 bits per heavy atom. The molecule has 12 nitrogen and oxygen atoms in total. The van der Waals surface area contributed by atoms with Gasteiger partial charge < -0.3 is 24.6 Å². The summed E-state index contributed by atoms with van der Waals surface area (Å²) in [7, 11) is 7.01. The number of likely N-dealkylation sites (N-methyl/N-ethyl adjacent to an activating group) is 2. The molecule has 0 radical (unpaired) electrons. The Labute approximate surface area is 185 Å². The molecule has 0 amide bonds. The van der Waals surface area contributed by atoms with Crippen molar-refractivity contribution >= 4 is 29.0 Å². The maximum Gasteiger partial charge on any atom is 0.345 e. The molecular weight excluding hydrogens is 420 g/mol. The predicted octanol–water partition coefficient (Wildman–Crippen LogP) is 1.99. The first-order valence-corrected chi connectivity index (χ1v) is 9.83. The molecule has 0 atom stereocenters. The molecule has 12 heteroatoms. The number of carbonyl (C=O) groups excluding carboxylic acids is 1. The third-order valence-corrected chi connectivity index (χ3v) is 4.40. The average molecular weight is 448 g/mol. The van der Waals surface area contributed by atoms with E-state index in [0.717, 1.165) is 6.20 Å². The molecule has 2 N–H and O–H groups in total. The maximum atomic E-state index is 12.3. The van der Waals surface area contributed by atoms with Crippen molar-refractivity contribution in [3.05, 3.63) is 44.4 Å². The minimum absolute atomic E-state index is 0.0163. The van der Waals surface area contributed by atoms with Crippen molar-refractivity contribution in [2.24, 2.45) is 0 Å². The molecule has 2 rings (SSSR count). The van der Waals surface area contributed by atoms with E-state index in [1.807, 2.05) is 19.0 Å². The second-order valence-electron chi connectivity index (χ2n) is 7.58. The van der Waals surface area contributed by atoms with Gasteiger partial charge in [0.05, 0.1) is 30.0 Å². The first-order chi connectivity index (χ1) is 15.0. The van der Waals surface area contributed by atoms with Gasteiger partial charge in [0.15, 0.2) is 0 Å². The van der Waals surface area contributed by atoms with Gasteiger partial charge in [-0.1, -0.05) is 0 Å². The van der Waals surface area contributed by atoms with E-state index in [0.29, 0.717) is 24.5 Å². The van der Waals surface area contributed by atoms with Crippen LogP contribution in [0.4, 0.5) is 23.0 Å². The second-order valence-corrected chi connectivity index (χ2v) is 7.58. The van der Waals surface area contributed by atoms with E-state index in [4.69, 9.17) is 9.47 Å². The number of aromatic nitrogens is 2. The average Bonchev–Trinajstić information content (AvgIpc) is 2.71. The largest absolute Gasteiger partial charge is 0.494 e. The normalized spacial score (nSPS) is 10.9. The highest BCUT2D eigenvalue weighted by Crippen LogP contribution is 2.38. The molecule has 0 aliphatic rings. The van der Waals surface area contributed by atoms with E-state index in [-0.39, 0.29) is 29.0 Å². The number of methoxy groups -OCH3 is 1. The van der Waals surface area contributed by atoms with Gasteiger partial charge >= 0.3 is 5.97 Å². The van der Waals surface area contributed by atoms with Gasteiger partial charge in [0.2, 0.25) is 5.95 Å². The monoisotopic (exact) mass is 448 g/mol. The summed E-state index contributed by atoms with van der Waals surface area (Å²) in [6.45, 7) is 4.59. The Kier molecular flexibility index (Phi) is 8.13. The van der Waals surface area contributed by atoms with Crippen molar-refractivity contribution in [2.45, 2.75) is 20.0 Å². The Morgan fingerprint density at radius 1 is 1.28 bits per heavy atom. The zero-order valence-corrected chi connectivity index (χ0v) is 19.0. The number of carbonyl (C=O) groups is 1. The van der Waals surface area contributed by atoms with Crippen LogP contribution < -0.4 is 20.5 Å². The van der Waals surface area contributed by atoms with Crippen LogP contribution >= 0.6 is 0 Å². The number of nitro benzene ring substituents is 1. The molecule has 0 spiro atoms. The lowest BCUT2D eigenvalue weighted by atomic mass is 10.2. The molecule has 0 unspecified atom stereocenters. The highest BCUT2D eigenvalue weighted by atomic mass is 16.6. The molecule has 0 fully saturated rings. The van der Waals surface area contributed by atoms with Crippen LogP contribution in [0, 0.1) is 10.1 Å². The van der Waals surface area contributed by atoms with Gasteiger partial charge in [-0.15, -0.1) is 0 Å². The summed E-state index contributed by atoms with van der Waals surface area (Å²) in [4.78, 5) is 45.6. The van der Waals surface area contributed by atoms with Gasteiger partial charge in [0.1, 0.15) is 17.0 Å². The molecule has 32 heavy (non-hydrogen) atoms. The van der Waals surface area contributed by atoms with Crippen molar-refractivity contribution in [3.63, 3.8) is 0 Å². The third-order valence-electron chi connectivity index (χ3n) is 4.40. The minimum atomic E-state index is -0.793. The van der Waals surface area contributed by atoms with Crippen LogP contribution in [0.3, 0.4) is 0 Å². The number of aromatic amines is 1. The van der Waals surface area contributed by atoms with Crippen molar-refractivity contribution in [2.75, 3.05) is 51.6 Å². The maximum absolute atomic E-state index is 12.3. The summed E-state index contributed by atoms with van der Waals surface area (Å²) in [5.74, 6) is -0.496. The lowest BCUT2D eigenvalue weighted by Crippen LogP contribution is -2.29. The number of anilines is 3. The molecule has 1 aromatic heterocycles. The zero-order chi connectivity index (χ0) is 24.0. The van der Waals surface area contributed by atoms with Gasteiger partial charge in [-0.3, -0.25) is 19.9 Å². The minimum Gasteiger partial charge on any atom is -0.494 e. The van der Waals surface area contributed by atoms with Gasteiger partial charge in [0, 0.05) is 32.3 Å². The fraction of sp³-hybridized carbons (Fsp3) is 0.450. The topological polar surface area (TPSA) is 143 Å². The van der Waals surface area contributed by atoms with Crippen molar-refractivity contribution in [1.82, 2.24) is 14.9 Å². The van der Waals surface area contributed by atoms with E-state index >= 15 is 0 Å². The first kappa shape index (κ1) is 24.6. The predicted molar refractivity (Wildman–Crippen MR) is 120 cm³/mol. The Balaban J connectivity index is 2.38. The third kappa shape index (κ3) is 6.17. The molecule has 2 aromatic rings. The van der Waals surface area contributed by atoms with Gasteiger partial charge in [-0.05, 0) is 27.9 Å².